The average Bonchev–Trinajstić information content (AvgIpc) is 2.85. The molecule has 0 spiro atoms. The van der Waals surface area contributed by atoms with Gasteiger partial charge in [0.1, 0.15) is 17.3 Å². The number of rotatable bonds is 7. The Hall–Kier alpha value is -3.85. The van der Waals surface area contributed by atoms with E-state index in [1.165, 1.54) is 24.9 Å². The van der Waals surface area contributed by atoms with Crippen molar-refractivity contribution in [2.75, 3.05) is 19.5 Å². The molecule has 7 nitrogen and oxygen atoms in total. The summed E-state index contributed by atoms with van der Waals surface area (Å²) in [6.07, 6.45) is 0. The highest BCUT2D eigenvalue weighted by Gasteiger charge is 2.21. The van der Waals surface area contributed by atoms with E-state index in [0.29, 0.717) is 39.3 Å². The highest BCUT2D eigenvalue weighted by Crippen LogP contribution is 2.29. The summed E-state index contributed by atoms with van der Waals surface area (Å²) in [5.74, 6) is 0.323. The third kappa shape index (κ3) is 5.14. The molecule has 0 aliphatic carbocycles. The van der Waals surface area contributed by atoms with Crippen LogP contribution in [0.1, 0.15) is 12.5 Å². The zero-order chi connectivity index (χ0) is 25.1. The lowest BCUT2D eigenvalue weighted by Gasteiger charge is -2.17. The molecule has 35 heavy (non-hydrogen) atoms. The standard InChI is InChI=1S/C26H24FN3O4S/c1-15-9-10-18(13-22(15)27)30-25(32)21-7-5-6-8-23(21)29-26(30)35-16(2)24(31)28-17-11-19(33-3)14-20(12-17)34-4/h5-14,16H,1-4H3,(H,28,31). The number of carbonyl (C=O) groups excluding carboxylic acids is 1. The molecular weight excluding hydrogens is 469 g/mol. The number of hydrogen-bond donors (Lipinski definition) is 1. The lowest BCUT2D eigenvalue weighted by atomic mass is 10.2. The van der Waals surface area contributed by atoms with Crippen LogP contribution in [0.3, 0.4) is 0 Å². The third-order valence-electron chi connectivity index (χ3n) is 5.43. The Balaban J connectivity index is 1.71. The van der Waals surface area contributed by atoms with Gasteiger partial charge in [-0.15, -0.1) is 0 Å². The summed E-state index contributed by atoms with van der Waals surface area (Å²) in [6, 6.07) is 16.5. The molecule has 0 radical (unpaired) electrons. The Bertz CT molecular complexity index is 1450. The lowest BCUT2D eigenvalue weighted by molar-refractivity contribution is -0.115. The van der Waals surface area contributed by atoms with Crippen LogP contribution in [0.4, 0.5) is 10.1 Å². The molecule has 4 aromatic rings. The van der Waals surface area contributed by atoms with Gasteiger partial charge in [-0.2, -0.15) is 0 Å². The maximum atomic E-state index is 14.4. The fourth-order valence-corrected chi connectivity index (χ4v) is 4.40. The molecule has 1 unspecified atom stereocenters. The molecule has 4 rings (SSSR count). The van der Waals surface area contributed by atoms with Crippen LogP contribution >= 0.6 is 11.8 Å². The number of aromatic nitrogens is 2. The van der Waals surface area contributed by atoms with Gasteiger partial charge in [0.15, 0.2) is 5.16 Å². The Morgan fingerprint density at radius 2 is 1.74 bits per heavy atom. The summed E-state index contributed by atoms with van der Waals surface area (Å²) in [5, 5.41) is 2.89. The van der Waals surface area contributed by atoms with E-state index in [0.717, 1.165) is 11.8 Å². The predicted molar refractivity (Wildman–Crippen MR) is 136 cm³/mol. The van der Waals surface area contributed by atoms with E-state index in [2.05, 4.69) is 10.3 Å². The fourth-order valence-electron chi connectivity index (χ4n) is 3.48. The van der Waals surface area contributed by atoms with Crippen molar-refractivity contribution in [1.29, 1.82) is 0 Å². The fraction of sp³-hybridized carbons (Fsp3) is 0.192. The van der Waals surface area contributed by atoms with Crippen LogP contribution in [0.25, 0.3) is 16.6 Å². The monoisotopic (exact) mass is 493 g/mol. The minimum absolute atomic E-state index is 0.280. The summed E-state index contributed by atoms with van der Waals surface area (Å²) in [6.45, 7) is 3.36. The molecule has 0 fully saturated rings. The van der Waals surface area contributed by atoms with Crippen LogP contribution in [0, 0.1) is 12.7 Å². The minimum Gasteiger partial charge on any atom is -0.497 e. The Morgan fingerprint density at radius 3 is 2.40 bits per heavy atom. The third-order valence-corrected chi connectivity index (χ3v) is 6.48. The normalized spacial score (nSPS) is 11.8. The number of fused-ring (bicyclic) bond motifs is 1. The van der Waals surface area contributed by atoms with Gasteiger partial charge in [0.25, 0.3) is 5.56 Å². The molecule has 1 atom stereocenters. The summed E-state index contributed by atoms with van der Waals surface area (Å²) in [5.41, 5.74) is 1.46. The summed E-state index contributed by atoms with van der Waals surface area (Å²) < 4.78 is 26.2. The second-order valence-corrected chi connectivity index (χ2v) is 9.14. The average molecular weight is 494 g/mol. The predicted octanol–water partition coefficient (Wildman–Crippen LogP) is 4.97. The second kappa shape index (κ2) is 10.2. The van der Waals surface area contributed by atoms with Crippen LogP contribution in [0.5, 0.6) is 11.5 Å². The number of hydrogen-bond acceptors (Lipinski definition) is 6. The highest BCUT2D eigenvalue weighted by atomic mass is 32.2. The second-order valence-electron chi connectivity index (χ2n) is 7.84. The van der Waals surface area contributed by atoms with Crippen molar-refractivity contribution in [3.05, 3.63) is 82.4 Å². The highest BCUT2D eigenvalue weighted by molar-refractivity contribution is 8.00. The molecule has 1 aromatic heterocycles. The van der Waals surface area contributed by atoms with Gasteiger partial charge in [-0.25, -0.2) is 9.37 Å². The van der Waals surface area contributed by atoms with Gasteiger partial charge in [-0.05, 0) is 43.7 Å². The van der Waals surface area contributed by atoms with E-state index < -0.39 is 11.1 Å². The summed E-state index contributed by atoms with van der Waals surface area (Å²) >= 11 is 1.11. The quantitative estimate of drug-likeness (QED) is 0.289. The number of carbonyl (C=O) groups is 1. The topological polar surface area (TPSA) is 82.5 Å². The van der Waals surface area contributed by atoms with Gasteiger partial charge in [-0.1, -0.05) is 30.0 Å². The molecule has 1 amide bonds. The number of methoxy groups -OCH3 is 2. The maximum Gasteiger partial charge on any atom is 0.266 e. The van der Waals surface area contributed by atoms with Crippen LogP contribution in [-0.2, 0) is 4.79 Å². The number of nitrogens with zero attached hydrogens (tertiary/aromatic N) is 2. The SMILES string of the molecule is COc1cc(NC(=O)C(C)Sc2nc3ccccc3c(=O)n2-c2ccc(C)c(F)c2)cc(OC)c1. The van der Waals surface area contributed by atoms with E-state index in [1.807, 2.05) is 0 Å². The van der Waals surface area contributed by atoms with Crippen molar-refractivity contribution in [3.8, 4) is 17.2 Å². The van der Waals surface area contributed by atoms with Crippen LogP contribution < -0.4 is 20.3 Å². The van der Waals surface area contributed by atoms with Crippen LogP contribution in [0.2, 0.25) is 0 Å². The molecule has 3 aromatic carbocycles. The van der Waals surface area contributed by atoms with Crippen molar-refractivity contribution in [2.24, 2.45) is 0 Å². The van der Waals surface area contributed by atoms with Crippen molar-refractivity contribution in [1.82, 2.24) is 9.55 Å². The number of benzene rings is 3. The van der Waals surface area contributed by atoms with Gasteiger partial charge < -0.3 is 14.8 Å². The minimum atomic E-state index is -0.637. The molecule has 180 valence electrons. The molecule has 0 bridgehead atoms. The lowest BCUT2D eigenvalue weighted by Crippen LogP contribution is -2.26. The number of nitrogens with one attached hydrogen (secondary N) is 1. The number of aryl methyl sites for hydroxylation is 1. The number of thioether (sulfide) groups is 1. The number of anilines is 1. The van der Waals surface area contributed by atoms with E-state index in [-0.39, 0.29) is 16.6 Å². The van der Waals surface area contributed by atoms with Crippen molar-refractivity contribution < 1.29 is 18.7 Å². The molecule has 9 heteroatoms. The van der Waals surface area contributed by atoms with Crippen molar-refractivity contribution >= 4 is 34.3 Å². The van der Waals surface area contributed by atoms with Crippen molar-refractivity contribution in [3.63, 3.8) is 0 Å². The van der Waals surface area contributed by atoms with E-state index in [4.69, 9.17) is 9.47 Å². The molecule has 0 saturated heterocycles. The first kappa shape index (κ1) is 24.3. The van der Waals surface area contributed by atoms with Crippen LogP contribution in [-0.4, -0.2) is 34.9 Å². The largest absolute Gasteiger partial charge is 0.497 e. The smallest absolute Gasteiger partial charge is 0.266 e. The van der Waals surface area contributed by atoms with Gasteiger partial charge >= 0.3 is 0 Å². The first-order chi connectivity index (χ1) is 16.8. The summed E-state index contributed by atoms with van der Waals surface area (Å²) in [7, 11) is 3.05. The van der Waals surface area contributed by atoms with Gasteiger partial charge in [0.2, 0.25) is 5.91 Å². The zero-order valence-electron chi connectivity index (χ0n) is 19.7. The van der Waals surface area contributed by atoms with Crippen LogP contribution in [0.15, 0.2) is 70.6 Å². The molecular formula is C26H24FN3O4S. The molecule has 0 aliphatic heterocycles. The molecule has 0 saturated carbocycles. The Labute approximate surface area is 205 Å². The number of amides is 1. The number of halogens is 1. The first-order valence-corrected chi connectivity index (χ1v) is 11.7. The van der Waals surface area contributed by atoms with E-state index in [9.17, 15) is 14.0 Å². The zero-order valence-corrected chi connectivity index (χ0v) is 20.5. The Kier molecular flexibility index (Phi) is 7.07. The molecule has 0 aliphatic rings. The Morgan fingerprint density at radius 1 is 1.06 bits per heavy atom. The number of ether oxygens (including phenoxy) is 2. The summed E-state index contributed by atoms with van der Waals surface area (Å²) in [4.78, 5) is 31.0. The van der Waals surface area contributed by atoms with E-state index in [1.54, 1.807) is 68.4 Å². The maximum absolute atomic E-state index is 14.4. The first-order valence-electron chi connectivity index (χ1n) is 10.8. The van der Waals surface area contributed by atoms with E-state index >= 15 is 0 Å². The molecule has 1 N–H and O–H groups in total. The van der Waals surface area contributed by atoms with Crippen molar-refractivity contribution in [2.45, 2.75) is 24.3 Å². The van der Waals surface area contributed by atoms with Gasteiger partial charge in [0, 0.05) is 23.9 Å². The van der Waals surface area contributed by atoms with Gasteiger partial charge in [0.05, 0.1) is 36.1 Å². The van der Waals surface area contributed by atoms with Gasteiger partial charge in [-0.3, -0.25) is 14.2 Å². The molecule has 1 heterocycles. The number of para-hydroxylation sites is 1.